The maximum absolute atomic E-state index is 12.4. The van der Waals surface area contributed by atoms with E-state index in [-0.39, 0.29) is 17.9 Å². The van der Waals surface area contributed by atoms with E-state index in [9.17, 15) is 14.9 Å². The van der Waals surface area contributed by atoms with Crippen molar-refractivity contribution in [1.82, 2.24) is 24.1 Å². The lowest BCUT2D eigenvalue weighted by Gasteiger charge is -2.13. The highest BCUT2D eigenvalue weighted by Gasteiger charge is 2.27. The van der Waals surface area contributed by atoms with Gasteiger partial charge in [-0.1, -0.05) is 6.07 Å². The molecule has 0 atom stereocenters. The van der Waals surface area contributed by atoms with Crippen LogP contribution in [-0.4, -0.2) is 41.9 Å². The zero-order valence-electron chi connectivity index (χ0n) is 12.6. The van der Waals surface area contributed by atoms with Crippen LogP contribution in [0, 0.1) is 10.1 Å². The number of aryl methyl sites for hydroxylation is 1. The number of rotatable bonds is 4. The Morgan fingerprint density at radius 3 is 2.87 bits per heavy atom. The third kappa shape index (κ3) is 2.76. The summed E-state index contributed by atoms with van der Waals surface area (Å²) in [6.07, 6.45) is 4.88. The van der Waals surface area contributed by atoms with Crippen LogP contribution >= 0.6 is 0 Å². The smallest absolute Gasteiger partial charge is 0.320 e. The number of imidazole rings is 1. The number of nitro groups is 1. The molecule has 0 radical (unpaired) electrons. The summed E-state index contributed by atoms with van der Waals surface area (Å²) in [7, 11) is 3.09. The second-order valence-corrected chi connectivity index (χ2v) is 5.15. The maximum atomic E-state index is 12.4. The van der Waals surface area contributed by atoms with Gasteiger partial charge in [0, 0.05) is 26.5 Å². The Balaban J connectivity index is 1.84. The van der Waals surface area contributed by atoms with Gasteiger partial charge in [-0.3, -0.25) is 19.6 Å². The van der Waals surface area contributed by atoms with Gasteiger partial charge in [-0.05, 0) is 12.1 Å². The van der Waals surface area contributed by atoms with Crippen molar-refractivity contribution in [2.75, 3.05) is 7.05 Å². The van der Waals surface area contributed by atoms with Crippen molar-refractivity contribution in [2.45, 2.75) is 6.54 Å². The fraction of sp³-hybridized carbons (Fsp3) is 0.214. The Hall–Kier alpha value is -3.23. The molecule has 1 amide bonds. The lowest BCUT2D eigenvalue weighted by Crippen LogP contribution is -2.27. The van der Waals surface area contributed by atoms with Gasteiger partial charge in [0.15, 0.2) is 0 Å². The Morgan fingerprint density at radius 2 is 2.17 bits per heavy atom. The molecule has 0 N–H and O–H groups in total. The number of carbonyl (C=O) groups is 1. The molecule has 3 aromatic rings. The number of carbonyl (C=O) groups excluding carboxylic acids is 1. The molecule has 0 aromatic carbocycles. The lowest BCUT2D eigenvalue weighted by atomic mass is 10.3. The topological polar surface area (TPSA) is 98.6 Å². The number of hydrogen-bond donors (Lipinski definition) is 0. The number of nitrogens with zero attached hydrogens (tertiary/aromatic N) is 6. The van der Waals surface area contributed by atoms with Crippen molar-refractivity contribution in [3.05, 3.63) is 58.3 Å². The molecule has 23 heavy (non-hydrogen) atoms. The van der Waals surface area contributed by atoms with Crippen LogP contribution in [0.5, 0.6) is 0 Å². The highest BCUT2D eigenvalue weighted by Crippen LogP contribution is 2.18. The standard InChI is InChI=1S/C14H14N6O3/c1-17(7-10-8-19-6-4-3-5-12(19)15-10)14(21)13-11(20(22)23)9-18(2)16-13/h3-6,8-9H,7H2,1-2H3. The number of aromatic nitrogens is 4. The Morgan fingerprint density at radius 1 is 1.39 bits per heavy atom. The van der Waals surface area contributed by atoms with Gasteiger partial charge in [0.05, 0.1) is 17.2 Å². The molecule has 0 spiro atoms. The van der Waals surface area contributed by atoms with Crippen molar-refractivity contribution in [1.29, 1.82) is 0 Å². The minimum Gasteiger partial charge on any atom is -0.334 e. The van der Waals surface area contributed by atoms with E-state index in [1.807, 2.05) is 35.0 Å². The average molecular weight is 314 g/mol. The predicted octanol–water partition coefficient (Wildman–Crippen LogP) is 1.25. The fourth-order valence-corrected chi connectivity index (χ4v) is 2.32. The molecule has 3 aromatic heterocycles. The normalized spacial score (nSPS) is 10.9. The number of hydrogen-bond acceptors (Lipinski definition) is 5. The zero-order chi connectivity index (χ0) is 16.6. The van der Waals surface area contributed by atoms with Crippen molar-refractivity contribution in [2.24, 2.45) is 7.05 Å². The van der Waals surface area contributed by atoms with E-state index in [2.05, 4.69) is 10.1 Å². The van der Waals surface area contributed by atoms with Crippen LogP contribution in [0.1, 0.15) is 16.2 Å². The molecule has 0 saturated heterocycles. The van der Waals surface area contributed by atoms with Crippen LogP contribution in [-0.2, 0) is 13.6 Å². The minimum atomic E-state index is -0.612. The van der Waals surface area contributed by atoms with E-state index < -0.39 is 10.8 Å². The molecule has 0 bridgehead atoms. The van der Waals surface area contributed by atoms with Crippen LogP contribution in [0.25, 0.3) is 5.65 Å². The van der Waals surface area contributed by atoms with Gasteiger partial charge in [0.2, 0.25) is 5.69 Å². The van der Waals surface area contributed by atoms with Crippen molar-refractivity contribution in [3.63, 3.8) is 0 Å². The largest absolute Gasteiger partial charge is 0.334 e. The lowest BCUT2D eigenvalue weighted by molar-refractivity contribution is -0.385. The highest BCUT2D eigenvalue weighted by atomic mass is 16.6. The summed E-state index contributed by atoms with van der Waals surface area (Å²) in [6, 6.07) is 5.61. The molecule has 118 valence electrons. The summed E-state index contributed by atoms with van der Waals surface area (Å²) in [6.45, 7) is 0.230. The summed E-state index contributed by atoms with van der Waals surface area (Å²) in [5.74, 6) is -0.519. The first kappa shape index (κ1) is 14.7. The first-order valence-corrected chi connectivity index (χ1v) is 6.82. The molecule has 0 aliphatic carbocycles. The molecular weight excluding hydrogens is 300 g/mol. The average Bonchev–Trinajstić information content (AvgIpc) is 3.09. The molecule has 3 rings (SSSR count). The Kier molecular flexibility index (Phi) is 3.53. The molecule has 0 aliphatic rings. The Labute approximate surface area is 130 Å². The number of fused-ring (bicyclic) bond motifs is 1. The summed E-state index contributed by atoms with van der Waals surface area (Å²) in [5.41, 5.74) is 0.973. The van der Waals surface area contributed by atoms with Crippen molar-refractivity contribution < 1.29 is 9.72 Å². The monoisotopic (exact) mass is 314 g/mol. The summed E-state index contributed by atoms with van der Waals surface area (Å²) >= 11 is 0. The third-order valence-electron chi connectivity index (χ3n) is 3.37. The second-order valence-electron chi connectivity index (χ2n) is 5.15. The molecule has 0 fully saturated rings. The van der Waals surface area contributed by atoms with Crippen LogP contribution in [0.3, 0.4) is 0 Å². The molecular formula is C14H14N6O3. The molecule has 3 heterocycles. The third-order valence-corrected chi connectivity index (χ3v) is 3.37. The van der Waals surface area contributed by atoms with Gasteiger partial charge in [-0.2, -0.15) is 5.10 Å². The maximum Gasteiger partial charge on any atom is 0.320 e. The van der Waals surface area contributed by atoms with E-state index in [4.69, 9.17) is 0 Å². The predicted molar refractivity (Wildman–Crippen MR) is 80.9 cm³/mol. The SMILES string of the molecule is CN(Cc1cn2ccccc2n1)C(=O)c1nn(C)cc1[N+](=O)[O-]. The first-order chi connectivity index (χ1) is 11.0. The van der Waals surface area contributed by atoms with E-state index in [1.54, 1.807) is 7.05 Å². The van der Waals surface area contributed by atoms with Gasteiger partial charge in [0.25, 0.3) is 5.91 Å². The molecule has 0 saturated carbocycles. The summed E-state index contributed by atoms with van der Waals surface area (Å²) in [5, 5.41) is 14.9. The van der Waals surface area contributed by atoms with Crippen LogP contribution < -0.4 is 0 Å². The Bertz CT molecular complexity index is 864. The first-order valence-electron chi connectivity index (χ1n) is 6.82. The fourth-order valence-electron chi connectivity index (χ4n) is 2.32. The van der Waals surface area contributed by atoms with Gasteiger partial charge in [-0.25, -0.2) is 4.98 Å². The van der Waals surface area contributed by atoms with Gasteiger partial charge in [0.1, 0.15) is 11.8 Å². The highest BCUT2D eigenvalue weighted by molar-refractivity contribution is 5.95. The van der Waals surface area contributed by atoms with Gasteiger partial charge in [-0.15, -0.1) is 0 Å². The molecule has 0 aliphatic heterocycles. The van der Waals surface area contributed by atoms with E-state index in [0.29, 0.717) is 5.69 Å². The number of amides is 1. The van der Waals surface area contributed by atoms with Crippen molar-refractivity contribution >= 4 is 17.2 Å². The zero-order valence-corrected chi connectivity index (χ0v) is 12.6. The molecule has 9 nitrogen and oxygen atoms in total. The summed E-state index contributed by atoms with van der Waals surface area (Å²) in [4.78, 5) is 28.6. The number of pyridine rings is 1. The van der Waals surface area contributed by atoms with Crippen molar-refractivity contribution in [3.8, 4) is 0 Å². The van der Waals surface area contributed by atoms with Crippen LogP contribution in [0.2, 0.25) is 0 Å². The molecule has 9 heteroatoms. The van der Waals surface area contributed by atoms with E-state index >= 15 is 0 Å². The van der Waals surface area contributed by atoms with E-state index in [1.165, 1.54) is 22.8 Å². The van der Waals surface area contributed by atoms with Crippen LogP contribution in [0.4, 0.5) is 5.69 Å². The van der Waals surface area contributed by atoms with Gasteiger partial charge >= 0.3 is 5.69 Å². The van der Waals surface area contributed by atoms with E-state index in [0.717, 1.165) is 5.65 Å². The minimum absolute atomic E-state index is 0.177. The quantitative estimate of drug-likeness (QED) is 0.533. The van der Waals surface area contributed by atoms with Crippen LogP contribution in [0.15, 0.2) is 36.8 Å². The second kappa shape index (κ2) is 5.52. The summed E-state index contributed by atoms with van der Waals surface area (Å²) < 4.78 is 3.10. The van der Waals surface area contributed by atoms with Gasteiger partial charge < -0.3 is 9.30 Å². The molecule has 0 unspecified atom stereocenters.